The predicted octanol–water partition coefficient (Wildman–Crippen LogP) is -3.73. The lowest BCUT2D eigenvalue weighted by Crippen LogP contribution is -2.61. The van der Waals surface area contributed by atoms with E-state index in [1.54, 1.807) is 30.3 Å². The number of aliphatic hydroxyl groups is 1. The Hall–Kier alpha value is -10.2. The Morgan fingerprint density at radius 1 is 0.460 bits per heavy atom. The number of carboxylic acids is 1. The smallest absolute Gasteiger partial charge is 0.326 e. The van der Waals surface area contributed by atoms with Gasteiger partial charge in [-0.2, -0.15) is 0 Å². The minimum atomic E-state index is -1.94. The molecule has 11 amide bonds. The second kappa shape index (κ2) is 32.8. The van der Waals surface area contributed by atoms with Gasteiger partial charge in [0.1, 0.15) is 65.6 Å². The van der Waals surface area contributed by atoms with Crippen LogP contribution in [-0.4, -0.2) is 169 Å². The Kier molecular flexibility index (Phi) is 25.5. The number of nitrogens with two attached hydrogens (primary N) is 4. The third-order valence-electron chi connectivity index (χ3n) is 13.9. The van der Waals surface area contributed by atoms with Crippen molar-refractivity contribution in [3.8, 4) is 17.2 Å². The molecule has 1 saturated heterocycles. The minimum Gasteiger partial charge on any atom is -0.508 e. The fraction of sp³-hybridized carbons (Fsp3) is 0.379. The van der Waals surface area contributed by atoms with E-state index in [-0.39, 0.29) is 75.2 Å². The van der Waals surface area contributed by atoms with E-state index in [2.05, 4.69) is 37.2 Å². The van der Waals surface area contributed by atoms with Gasteiger partial charge in [0, 0.05) is 45.1 Å². The quantitative estimate of drug-likeness (QED) is 0.0218. The number of primary amides is 3. The molecule has 0 aromatic heterocycles. The fourth-order valence-electron chi connectivity index (χ4n) is 9.27. The Bertz CT molecular complexity index is 3100. The summed E-state index contributed by atoms with van der Waals surface area (Å²) in [6, 6.07) is 10.8. The molecule has 0 radical (unpaired) electrons. The molecule has 0 aliphatic carbocycles. The lowest BCUT2D eigenvalue weighted by molar-refractivity contribution is -0.143. The van der Waals surface area contributed by atoms with E-state index in [0.717, 1.165) is 4.90 Å². The summed E-state index contributed by atoms with van der Waals surface area (Å²) in [5.74, 6) is -12.7. The van der Waals surface area contributed by atoms with Crippen molar-refractivity contribution < 1.29 is 83.1 Å². The summed E-state index contributed by atoms with van der Waals surface area (Å²) in [6.45, 7) is -1.20. The molecule has 1 fully saturated rings. The Morgan fingerprint density at radius 2 is 0.851 bits per heavy atom. The van der Waals surface area contributed by atoms with Gasteiger partial charge in [-0.1, -0.05) is 66.7 Å². The number of nitrogens with one attached hydrogen (secondary N) is 7. The van der Waals surface area contributed by atoms with Crippen molar-refractivity contribution >= 4 is 70.9 Å². The number of phenolic OH excluding ortho intramolecular Hbond substituents is 3. The molecule has 0 saturated carbocycles. The SMILES string of the molecule is NC(=O)CC[C@H](NC(=O)[C@@H](N)CCC(N)=O)C(=O)N[C@@H](Cc1ccc(O)cc1)C(=O)N[C@@H](CC(N)=O)C(=O)N[C@@H](CO)C(=O)N[C@@H](Cc1ccc(O)cc1)C(=O)N1CCC[C@H]1C(=O)N[C@@H](Cc1ccccc1)C(=O)N[C@@H](Cc1ccc(O)cc1)C(=O)O. The summed E-state index contributed by atoms with van der Waals surface area (Å²) in [6.07, 6.45) is -2.96. The molecule has 1 heterocycles. The Balaban J connectivity index is 1.36. The first-order valence-corrected chi connectivity index (χ1v) is 27.6. The molecule has 4 aromatic rings. The van der Waals surface area contributed by atoms with E-state index < -0.39 is 151 Å². The van der Waals surface area contributed by atoms with Crippen LogP contribution in [0, 0.1) is 0 Å². The molecule has 29 heteroatoms. The topological polar surface area (TPSA) is 498 Å². The van der Waals surface area contributed by atoms with E-state index >= 15 is 0 Å². The normalized spacial score (nSPS) is 15.5. The highest BCUT2D eigenvalue weighted by molar-refractivity contribution is 5.99. The van der Waals surface area contributed by atoms with Crippen molar-refractivity contribution in [1.82, 2.24) is 42.1 Å². The summed E-state index contributed by atoms with van der Waals surface area (Å²) in [7, 11) is 0. The summed E-state index contributed by atoms with van der Waals surface area (Å²) in [5.41, 5.74) is 23.6. The van der Waals surface area contributed by atoms with Gasteiger partial charge in [-0.3, -0.25) is 52.7 Å². The third kappa shape index (κ3) is 21.8. The molecule has 0 spiro atoms. The number of nitrogens with zero attached hydrogens (tertiary/aromatic N) is 1. The van der Waals surface area contributed by atoms with Crippen LogP contribution in [0.3, 0.4) is 0 Å². The maximum absolute atomic E-state index is 14.8. The molecule has 5 rings (SSSR count). The summed E-state index contributed by atoms with van der Waals surface area (Å²) in [5, 5.41) is 67.4. The molecule has 20 N–H and O–H groups in total. The monoisotopic (exact) mass is 1210 g/mol. The third-order valence-corrected chi connectivity index (χ3v) is 13.9. The number of benzene rings is 4. The number of carboxylic acid groups (broad SMARTS) is 1. The second-order valence-corrected chi connectivity index (χ2v) is 20.7. The highest BCUT2D eigenvalue weighted by atomic mass is 16.4. The maximum Gasteiger partial charge on any atom is 0.326 e. The van der Waals surface area contributed by atoms with E-state index in [9.17, 15) is 83.1 Å². The first-order valence-electron chi connectivity index (χ1n) is 27.6. The molecule has 4 aromatic carbocycles. The highest BCUT2D eigenvalue weighted by Gasteiger charge is 2.41. The number of carbonyl (C=O) groups excluding carboxylic acids is 11. The van der Waals surface area contributed by atoms with Crippen molar-refractivity contribution in [3.63, 3.8) is 0 Å². The van der Waals surface area contributed by atoms with E-state index in [0.29, 0.717) is 22.3 Å². The van der Waals surface area contributed by atoms with Gasteiger partial charge in [0.25, 0.3) is 0 Å². The fourth-order valence-corrected chi connectivity index (χ4v) is 9.27. The van der Waals surface area contributed by atoms with Crippen molar-refractivity contribution in [2.24, 2.45) is 22.9 Å². The lowest BCUT2D eigenvalue weighted by atomic mass is 10.0. The van der Waals surface area contributed by atoms with Gasteiger partial charge in [0.05, 0.1) is 19.1 Å². The average Bonchev–Trinajstić information content (AvgIpc) is 2.58. The minimum absolute atomic E-state index is 0.0414. The first kappa shape index (κ1) is 67.6. The van der Waals surface area contributed by atoms with Gasteiger partial charge in [-0.25, -0.2) is 4.79 Å². The zero-order valence-corrected chi connectivity index (χ0v) is 47.1. The number of amides is 11. The van der Waals surface area contributed by atoms with Crippen LogP contribution in [0.1, 0.15) is 67.2 Å². The number of hydrogen-bond acceptors (Lipinski definition) is 17. The number of rotatable bonds is 33. The van der Waals surface area contributed by atoms with Crippen molar-refractivity contribution in [3.05, 3.63) is 125 Å². The number of aliphatic hydroxyl groups excluding tert-OH is 1. The largest absolute Gasteiger partial charge is 0.508 e. The summed E-state index contributed by atoms with van der Waals surface area (Å²) >= 11 is 0. The van der Waals surface area contributed by atoms with Gasteiger partial charge >= 0.3 is 5.97 Å². The van der Waals surface area contributed by atoms with Crippen LogP contribution in [0.4, 0.5) is 0 Å². The lowest BCUT2D eigenvalue weighted by Gasteiger charge is -2.31. The van der Waals surface area contributed by atoms with E-state index in [1.807, 2.05) is 0 Å². The van der Waals surface area contributed by atoms with E-state index in [4.69, 9.17) is 22.9 Å². The van der Waals surface area contributed by atoms with E-state index in [1.165, 1.54) is 72.8 Å². The van der Waals surface area contributed by atoms with Crippen LogP contribution in [0.25, 0.3) is 0 Å². The molecule has 1 aliphatic heterocycles. The predicted molar refractivity (Wildman–Crippen MR) is 307 cm³/mol. The van der Waals surface area contributed by atoms with Crippen molar-refractivity contribution in [1.29, 1.82) is 0 Å². The molecule has 1 aliphatic rings. The first-order chi connectivity index (χ1) is 41.3. The zero-order valence-electron chi connectivity index (χ0n) is 47.1. The van der Waals surface area contributed by atoms with Crippen LogP contribution >= 0.6 is 0 Å². The van der Waals surface area contributed by atoms with Gasteiger partial charge in [0.2, 0.25) is 65.0 Å². The second-order valence-electron chi connectivity index (χ2n) is 20.7. The number of aromatic hydroxyl groups is 3. The molecule has 9 atom stereocenters. The number of carbonyl (C=O) groups is 12. The molecule has 87 heavy (non-hydrogen) atoms. The Morgan fingerprint density at radius 3 is 1.34 bits per heavy atom. The van der Waals surface area contributed by atoms with Gasteiger partial charge in [-0.05, 0) is 84.3 Å². The summed E-state index contributed by atoms with van der Waals surface area (Å²) < 4.78 is 0. The van der Waals surface area contributed by atoms with Crippen LogP contribution < -0.4 is 60.2 Å². The number of hydrogen-bond donors (Lipinski definition) is 16. The molecular formula is C58H72N12O17. The van der Waals surface area contributed by atoms with Gasteiger partial charge in [0.15, 0.2) is 0 Å². The summed E-state index contributed by atoms with van der Waals surface area (Å²) in [4.78, 5) is 162. The Labute approximate surface area is 498 Å². The van der Waals surface area contributed by atoms with Crippen molar-refractivity contribution in [2.75, 3.05) is 13.2 Å². The van der Waals surface area contributed by atoms with Gasteiger partial charge < -0.3 is 90.6 Å². The standard InChI is InChI=1S/C58H72N12O17/c59-38(20-22-47(60)75)50(78)63-39(21-23-48(61)76)51(79)64-40(26-32-8-14-35(72)15-9-32)52(80)65-42(29-49(62)77)54(82)69-45(30-71)55(83)67-43(27-33-10-16-36(73)17-11-33)57(85)70-24-4-7-46(70)56(84)66-41(25-31-5-2-1-3-6-31)53(81)68-44(58(86)87)28-34-12-18-37(74)19-13-34/h1-3,5-6,8-19,38-46,71-74H,4,7,20-30,59H2,(H2,60,75)(H2,61,76)(H2,62,77)(H,63,78)(H,64,79)(H,65,80)(H,66,84)(H,67,83)(H,68,81)(H,69,82)(H,86,87)/t38-,39-,40-,41-,42-,43-,44-,45-,46-/m0/s1. The number of phenols is 3. The van der Waals surface area contributed by atoms with Crippen LogP contribution in [0.2, 0.25) is 0 Å². The van der Waals surface area contributed by atoms with Gasteiger partial charge in [-0.15, -0.1) is 0 Å². The van der Waals surface area contributed by atoms with Crippen molar-refractivity contribution in [2.45, 2.75) is 125 Å². The number of aliphatic carboxylic acids is 1. The number of likely N-dealkylation sites (tertiary alicyclic amines) is 1. The molecule has 466 valence electrons. The zero-order chi connectivity index (χ0) is 63.9. The molecular weight excluding hydrogens is 1140 g/mol. The molecule has 0 unspecified atom stereocenters. The molecule has 29 nitrogen and oxygen atoms in total. The van der Waals surface area contributed by atoms with Crippen LogP contribution in [0.5, 0.6) is 17.2 Å². The maximum atomic E-state index is 14.8. The van der Waals surface area contributed by atoms with Crippen LogP contribution in [-0.2, 0) is 83.2 Å². The van der Waals surface area contributed by atoms with Crippen LogP contribution in [0.15, 0.2) is 103 Å². The highest BCUT2D eigenvalue weighted by Crippen LogP contribution is 2.22. The average molecular weight is 1210 g/mol. The molecule has 0 bridgehead atoms.